The average Bonchev–Trinajstić information content (AvgIpc) is 2.39. The fourth-order valence-corrected chi connectivity index (χ4v) is 2.82. The van der Waals surface area contributed by atoms with Gasteiger partial charge in [0.15, 0.2) is 0 Å². The topological polar surface area (TPSA) is 32.3 Å². The van der Waals surface area contributed by atoms with Crippen LogP contribution in [0.3, 0.4) is 0 Å². The van der Waals surface area contributed by atoms with E-state index >= 15 is 0 Å². The third-order valence-corrected chi connectivity index (χ3v) is 4.40. The van der Waals surface area contributed by atoms with Gasteiger partial charge >= 0.3 is 0 Å². The Kier molecular flexibility index (Phi) is 5.41. The third-order valence-electron chi connectivity index (χ3n) is 4.40. The lowest BCUT2D eigenvalue weighted by Gasteiger charge is -2.40. The second-order valence-electron chi connectivity index (χ2n) is 6.00. The van der Waals surface area contributed by atoms with Gasteiger partial charge in [0.2, 0.25) is 0 Å². The molecule has 0 radical (unpaired) electrons. The molecule has 1 saturated carbocycles. The highest BCUT2D eigenvalue weighted by atomic mass is 16.3. The third kappa shape index (κ3) is 4.05. The van der Waals surface area contributed by atoms with Crippen LogP contribution in [0.15, 0.2) is 24.3 Å². The van der Waals surface area contributed by atoms with Gasteiger partial charge in [0, 0.05) is 18.6 Å². The number of nitrogens with one attached hydrogen (secondary N) is 1. The number of aliphatic hydroxyl groups excluding tert-OH is 1. The molecule has 2 heteroatoms. The van der Waals surface area contributed by atoms with E-state index < -0.39 is 0 Å². The van der Waals surface area contributed by atoms with Crippen LogP contribution in [0, 0.1) is 5.41 Å². The summed E-state index contributed by atoms with van der Waals surface area (Å²) in [7, 11) is 0. The predicted molar refractivity (Wildman–Crippen MR) is 80.4 cm³/mol. The molecule has 2 rings (SSSR count). The SMILES string of the molecule is CCCc1ccc(CCNCC2(CO)CCC2)cc1. The van der Waals surface area contributed by atoms with Crippen LogP contribution in [0.25, 0.3) is 0 Å². The molecule has 0 amide bonds. The van der Waals surface area contributed by atoms with Crippen molar-refractivity contribution in [3.63, 3.8) is 0 Å². The molecular weight excluding hydrogens is 234 g/mol. The van der Waals surface area contributed by atoms with Crippen molar-refractivity contribution in [1.29, 1.82) is 0 Å². The van der Waals surface area contributed by atoms with Crippen molar-refractivity contribution in [2.75, 3.05) is 19.7 Å². The Hall–Kier alpha value is -0.860. The van der Waals surface area contributed by atoms with Gasteiger partial charge in [0.25, 0.3) is 0 Å². The van der Waals surface area contributed by atoms with Crippen molar-refractivity contribution >= 4 is 0 Å². The fourth-order valence-electron chi connectivity index (χ4n) is 2.82. The average molecular weight is 261 g/mol. The van der Waals surface area contributed by atoms with Gasteiger partial charge in [-0.1, -0.05) is 44.0 Å². The number of benzene rings is 1. The van der Waals surface area contributed by atoms with E-state index in [4.69, 9.17) is 0 Å². The van der Waals surface area contributed by atoms with E-state index in [2.05, 4.69) is 36.5 Å². The van der Waals surface area contributed by atoms with Crippen molar-refractivity contribution in [2.45, 2.75) is 45.4 Å². The molecular formula is C17H27NO. The Labute approximate surface area is 117 Å². The van der Waals surface area contributed by atoms with Crippen molar-refractivity contribution in [1.82, 2.24) is 5.32 Å². The minimum absolute atomic E-state index is 0.199. The Bertz CT molecular complexity index is 362. The molecule has 0 saturated heterocycles. The minimum atomic E-state index is 0.199. The molecule has 0 aliphatic heterocycles. The van der Waals surface area contributed by atoms with Gasteiger partial charge in [0.05, 0.1) is 0 Å². The summed E-state index contributed by atoms with van der Waals surface area (Å²) in [5.74, 6) is 0. The molecule has 0 aromatic heterocycles. The Morgan fingerprint density at radius 3 is 2.21 bits per heavy atom. The zero-order valence-corrected chi connectivity index (χ0v) is 12.1. The first-order chi connectivity index (χ1) is 9.28. The van der Waals surface area contributed by atoms with Crippen molar-refractivity contribution < 1.29 is 5.11 Å². The van der Waals surface area contributed by atoms with Crippen LogP contribution in [0.1, 0.15) is 43.7 Å². The molecule has 106 valence electrons. The molecule has 1 fully saturated rings. The predicted octanol–water partition coefficient (Wildman–Crippen LogP) is 2.93. The van der Waals surface area contributed by atoms with Gasteiger partial charge in [-0.3, -0.25) is 0 Å². The van der Waals surface area contributed by atoms with E-state index in [0.717, 1.165) is 19.5 Å². The molecule has 0 bridgehead atoms. The van der Waals surface area contributed by atoms with Crippen molar-refractivity contribution in [2.24, 2.45) is 5.41 Å². The number of rotatable bonds is 8. The molecule has 2 N–H and O–H groups in total. The number of aryl methyl sites for hydroxylation is 1. The lowest BCUT2D eigenvalue weighted by molar-refractivity contribution is 0.0451. The maximum absolute atomic E-state index is 9.39. The van der Waals surface area contributed by atoms with Gasteiger partial charge in [-0.2, -0.15) is 0 Å². The summed E-state index contributed by atoms with van der Waals surface area (Å²) in [5, 5.41) is 12.9. The summed E-state index contributed by atoms with van der Waals surface area (Å²) >= 11 is 0. The Balaban J connectivity index is 1.67. The lowest BCUT2D eigenvalue weighted by Crippen LogP contribution is -2.43. The Morgan fingerprint density at radius 2 is 1.74 bits per heavy atom. The second kappa shape index (κ2) is 7.06. The van der Waals surface area contributed by atoms with Crippen LogP contribution in [-0.4, -0.2) is 24.8 Å². The normalized spacial score (nSPS) is 17.2. The molecule has 2 nitrogen and oxygen atoms in total. The maximum Gasteiger partial charge on any atom is 0.0499 e. The van der Waals surface area contributed by atoms with Crippen LogP contribution < -0.4 is 5.32 Å². The van der Waals surface area contributed by atoms with Gasteiger partial charge in [-0.15, -0.1) is 0 Å². The quantitative estimate of drug-likeness (QED) is 0.705. The summed E-state index contributed by atoms with van der Waals surface area (Å²) in [6.07, 6.45) is 7.11. The van der Waals surface area contributed by atoms with Gasteiger partial charge in [-0.05, 0) is 43.4 Å². The highest BCUT2D eigenvalue weighted by Gasteiger charge is 2.35. The second-order valence-corrected chi connectivity index (χ2v) is 6.00. The zero-order chi connectivity index (χ0) is 13.6. The van der Waals surface area contributed by atoms with E-state index in [1.54, 1.807) is 0 Å². The first kappa shape index (κ1) is 14.5. The first-order valence-electron chi connectivity index (χ1n) is 7.67. The molecule has 1 aromatic carbocycles. The standard InChI is InChI=1S/C17H27NO/c1-2-4-15-5-7-16(8-6-15)9-12-18-13-17(14-19)10-3-11-17/h5-8,18-19H,2-4,9-14H2,1H3. The molecule has 0 unspecified atom stereocenters. The van der Waals surface area contributed by atoms with Crippen LogP contribution in [-0.2, 0) is 12.8 Å². The highest BCUT2D eigenvalue weighted by molar-refractivity contribution is 5.22. The van der Waals surface area contributed by atoms with Crippen LogP contribution in [0.5, 0.6) is 0 Å². The molecule has 19 heavy (non-hydrogen) atoms. The summed E-state index contributed by atoms with van der Waals surface area (Å²) in [4.78, 5) is 0. The minimum Gasteiger partial charge on any atom is -0.396 e. The van der Waals surface area contributed by atoms with Gasteiger partial charge in [-0.25, -0.2) is 0 Å². The summed E-state index contributed by atoms with van der Waals surface area (Å²) in [6.45, 7) is 4.54. The summed E-state index contributed by atoms with van der Waals surface area (Å²) in [5.41, 5.74) is 3.04. The molecule has 0 atom stereocenters. The maximum atomic E-state index is 9.39. The number of aliphatic hydroxyl groups is 1. The largest absolute Gasteiger partial charge is 0.396 e. The van der Waals surface area contributed by atoms with Crippen LogP contribution in [0.4, 0.5) is 0 Å². The molecule has 1 aliphatic rings. The Morgan fingerprint density at radius 1 is 1.11 bits per heavy atom. The van der Waals surface area contributed by atoms with Crippen LogP contribution >= 0.6 is 0 Å². The van der Waals surface area contributed by atoms with E-state index in [1.807, 2.05) is 0 Å². The van der Waals surface area contributed by atoms with Crippen molar-refractivity contribution in [3.8, 4) is 0 Å². The fraction of sp³-hybridized carbons (Fsp3) is 0.647. The molecule has 0 spiro atoms. The van der Waals surface area contributed by atoms with Crippen LogP contribution in [0.2, 0.25) is 0 Å². The van der Waals surface area contributed by atoms with E-state index in [9.17, 15) is 5.11 Å². The van der Waals surface area contributed by atoms with E-state index in [1.165, 1.54) is 43.2 Å². The van der Waals surface area contributed by atoms with E-state index in [-0.39, 0.29) is 5.41 Å². The number of hydrogen-bond donors (Lipinski definition) is 2. The summed E-state index contributed by atoms with van der Waals surface area (Å²) < 4.78 is 0. The van der Waals surface area contributed by atoms with E-state index in [0.29, 0.717) is 6.61 Å². The number of hydrogen-bond acceptors (Lipinski definition) is 2. The smallest absolute Gasteiger partial charge is 0.0499 e. The van der Waals surface area contributed by atoms with Gasteiger partial charge in [0.1, 0.15) is 0 Å². The summed E-state index contributed by atoms with van der Waals surface area (Å²) in [6, 6.07) is 9.00. The molecule has 1 aromatic rings. The monoisotopic (exact) mass is 261 g/mol. The highest BCUT2D eigenvalue weighted by Crippen LogP contribution is 2.39. The van der Waals surface area contributed by atoms with Gasteiger partial charge < -0.3 is 10.4 Å². The van der Waals surface area contributed by atoms with Crippen molar-refractivity contribution in [3.05, 3.63) is 35.4 Å². The molecule has 1 aliphatic carbocycles. The molecule has 0 heterocycles. The lowest BCUT2D eigenvalue weighted by atomic mass is 9.69. The zero-order valence-electron chi connectivity index (χ0n) is 12.1. The first-order valence-corrected chi connectivity index (χ1v) is 7.67.